The standard InChI is InChI=1S/C15H19N3O2.2ClH/c19-14-6-5-13(15(20)17-14)11-1-3-12(4-2-11)18-9-7-16-8-10-18;;/h1-4,13,16H,5-10H2,(H,17,19,20);2*1H. The van der Waals surface area contributed by atoms with E-state index < -0.39 is 0 Å². The summed E-state index contributed by atoms with van der Waals surface area (Å²) in [4.78, 5) is 25.3. The van der Waals surface area contributed by atoms with E-state index in [1.165, 1.54) is 5.69 Å². The van der Waals surface area contributed by atoms with Gasteiger partial charge in [0.05, 0.1) is 5.92 Å². The summed E-state index contributed by atoms with van der Waals surface area (Å²) in [5.41, 5.74) is 2.19. The summed E-state index contributed by atoms with van der Waals surface area (Å²) in [6.45, 7) is 4.04. The molecule has 7 heteroatoms. The molecule has 2 fully saturated rings. The Morgan fingerprint density at radius 1 is 1.00 bits per heavy atom. The van der Waals surface area contributed by atoms with Crippen molar-refractivity contribution in [3.8, 4) is 0 Å². The first-order chi connectivity index (χ1) is 9.74. The van der Waals surface area contributed by atoms with Crippen molar-refractivity contribution in [2.24, 2.45) is 0 Å². The zero-order valence-electron chi connectivity index (χ0n) is 12.2. The van der Waals surface area contributed by atoms with Crippen LogP contribution in [0.4, 0.5) is 5.69 Å². The third-order valence-electron chi connectivity index (χ3n) is 4.02. The van der Waals surface area contributed by atoms with Crippen LogP contribution >= 0.6 is 24.8 Å². The number of nitrogens with zero attached hydrogens (tertiary/aromatic N) is 1. The van der Waals surface area contributed by atoms with Crippen molar-refractivity contribution in [2.45, 2.75) is 18.8 Å². The highest BCUT2D eigenvalue weighted by Crippen LogP contribution is 2.26. The zero-order valence-corrected chi connectivity index (χ0v) is 13.8. The Bertz CT molecular complexity index is 516. The van der Waals surface area contributed by atoms with Gasteiger partial charge < -0.3 is 10.2 Å². The molecule has 2 heterocycles. The molecule has 22 heavy (non-hydrogen) atoms. The summed E-state index contributed by atoms with van der Waals surface area (Å²) in [5.74, 6) is -0.523. The highest BCUT2D eigenvalue weighted by molar-refractivity contribution is 6.00. The topological polar surface area (TPSA) is 61.4 Å². The van der Waals surface area contributed by atoms with E-state index in [0.717, 1.165) is 31.7 Å². The fourth-order valence-corrected chi connectivity index (χ4v) is 2.85. The lowest BCUT2D eigenvalue weighted by atomic mass is 9.90. The van der Waals surface area contributed by atoms with Crippen molar-refractivity contribution in [3.05, 3.63) is 29.8 Å². The van der Waals surface area contributed by atoms with Gasteiger partial charge in [0.2, 0.25) is 11.8 Å². The Labute approximate surface area is 142 Å². The van der Waals surface area contributed by atoms with Crippen LogP contribution in [0.3, 0.4) is 0 Å². The van der Waals surface area contributed by atoms with Crippen molar-refractivity contribution < 1.29 is 9.59 Å². The van der Waals surface area contributed by atoms with Gasteiger partial charge in [-0.05, 0) is 24.1 Å². The molecular weight excluding hydrogens is 325 g/mol. The van der Waals surface area contributed by atoms with Gasteiger partial charge in [-0.2, -0.15) is 0 Å². The predicted octanol–water partition coefficient (Wildman–Crippen LogP) is 1.46. The maximum absolute atomic E-state index is 11.8. The number of hydrogen-bond acceptors (Lipinski definition) is 4. The van der Waals surface area contributed by atoms with E-state index >= 15 is 0 Å². The van der Waals surface area contributed by atoms with E-state index in [1.54, 1.807) is 0 Å². The molecular formula is C15H21Cl2N3O2. The summed E-state index contributed by atoms with van der Waals surface area (Å²) in [5, 5.41) is 5.74. The number of anilines is 1. The number of carbonyl (C=O) groups is 2. The van der Waals surface area contributed by atoms with Crippen LogP contribution in [0.1, 0.15) is 24.3 Å². The minimum atomic E-state index is -0.190. The number of piperazine rings is 1. The molecule has 122 valence electrons. The van der Waals surface area contributed by atoms with Crippen molar-refractivity contribution >= 4 is 42.3 Å². The molecule has 2 amide bonds. The zero-order chi connectivity index (χ0) is 13.9. The van der Waals surface area contributed by atoms with E-state index in [2.05, 4.69) is 27.7 Å². The molecule has 1 atom stereocenters. The Kier molecular flexibility index (Phi) is 7.13. The fourth-order valence-electron chi connectivity index (χ4n) is 2.85. The molecule has 1 aromatic rings. The predicted molar refractivity (Wildman–Crippen MR) is 91.1 cm³/mol. The second kappa shape index (κ2) is 8.36. The van der Waals surface area contributed by atoms with Crippen LogP contribution in [0.2, 0.25) is 0 Å². The summed E-state index contributed by atoms with van der Waals surface area (Å²) < 4.78 is 0. The second-order valence-electron chi connectivity index (χ2n) is 5.33. The SMILES string of the molecule is Cl.Cl.O=C1CCC(c2ccc(N3CCNCC3)cc2)C(=O)N1. The molecule has 5 nitrogen and oxygen atoms in total. The van der Waals surface area contributed by atoms with Gasteiger partial charge in [-0.15, -0.1) is 24.8 Å². The molecule has 2 aliphatic heterocycles. The maximum atomic E-state index is 11.8. The van der Waals surface area contributed by atoms with Crippen LogP contribution in [0.5, 0.6) is 0 Å². The van der Waals surface area contributed by atoms with E-state index in [4.69, 9.17) is 0 Å². The van der Waals surface area contributed by atoms with Gasteiger partial charge in [-0.25, -0.2) is 0 Å². The quantitative estimate of drug-likeness (QED) is 0.796. The summed E-state index contributed by atoms with van der Waals surface area (Å²) in [6.07, 6.45) is 1.04. The average Bonchev–Trinajstić information content (AvgIpc) is 2.48. The molecule has 0 aliphatic carbocycles. The molecule has 1 aromatic carbocycles. The van der Waals surface area contributed by atoms with Gasteiger partial charge in [-0.1, -0.05) is 12.1 Å². The molecule has 0 aromatic heterocycles. The second-order valence-corrected chi connectivity index (χ2v) is 5.33. The van der Waals surface area contributed by atoms with Gasteiger partial charge in [0.25, 0.3) is 0 Å². The number of piperidine rings is 1. The number of benzene rings is 1. The molecule has 3 rings (SSSR count). The Hall–Kier alpha value is -1.30. The minimum absolute atomic E-state index is 0. The number of halogens is 2. The number of nitrogens with one attached hydrogen (secondary N) is 2. The van der Waals surface area contributed by atoms with Crippen LogP contribution in [0, 0.1) is 0 Å². The van der Waals surface area contributed by atoms with Crippen LogP contribution < -0.4 is 15.5 Å². The van der Waals surface area contributed by atoms with Crippen LogP contribution in [0.15, 0.2) is 24.3 Å². The largest absolute Gasteiger partial charge is 0.369 e. The molecule has 0 saturated carbocycles. The summed E-state index contributed by atoms with van der Waals surface area (Å²) >= 11 is 0. The normalized spacial score (nSPS) is 21.5. The highest BCUT2D eigenvalue weighted by Gasteiger charge is 2.27. The Balaban J connectivity index is 0.00000121. The molecule has 0 radical (unpaired) electrons. The lowest BCUT2D eigenvalue weighted by Crippen LogP contribution is -2.43. The lowest BCUT2D eigenvalue weighted by Gasteiger charge is -2.30. The monoisotopic (exact) mass is 345 g/mol. The van der Waals surface area contributed by atoms with E-state index in [1.807, 2.05) is 12.1 Å². The van der Waals surface area contributed by atoms with E-state index in [-0.39, 0.29) is 42.5 Å². The third-order valence-corrected chi connectivity index (χ3v) is 4.02. The van der Waals surface area contributed by atoms with Gasteiger partial charge in [0, 0.05) is 38.3 Å². The number of rotatable bonds is 2. The van der Waals surface area contributed by atoms with E-state index in [0.29, 0.717) is 12.8 Å². The summed E-state index contributed by atoms with van der Waals surface area (Å²) in [6, 6.07) is 8.17. The molecule has 2 aliphatic rings. The fraction of sp³-hybridized carbons (Fsp3) is 0.467. The molecule has 2 saturated heterocycles. The van der Waals surface area contributed by atoms with Gasteiger partial charge in [-0.3, -0.25) is 14.9 Å². The van der Waals surface area contributed by atoms with Gasteiger partial charge in [0.1, 0.15) is 0 Å². The number of imide groups is 1. The smallest absolute Gasteiger partial charge is 0.234 e. The van der Waals surface area contributed by atoms with Crippen molar-refractivity contribution in [1.29, 1.82) is 0 Å². The first-order valence-corrected chi connectivity index (χ1v) is 7.13. The minimum Gasteiger partial charge on any atom is -0.369 e. The first kappa shape index (κ1) is 18.7. The van der Waals surface area contributed by atoms with Crippen molar-refractivity contribution in [2.75, 3.05) is 31.1 Å². The summed E-state index contributed by atoms with van der Waals surface area (Å²) in [7, 11) is 0. The van der Waals surface area contributed by atoms with Crippen LogP contribution in [-0.2, 0) is 9.59 Å². The van der Waals surface area contributed by atoms with E-state index in [9.17, 15) is 9.59 Å². The average molecular weight is 346 g/mol. The Morgan fingerprint density at radius 2 is 1.64 bits per heavy atom. The first-order valence-electron chi connectivity index (χ1n) is 7.13. The maximum Gasteiger partial charge on any atom is 0.234 e. The van der Waals surface area contributed by atoms with Crippen LogP contribution in [-0.4, -0.2) is 38.0 Å². The van der Waals surface area contributed by atoms with Gasteiger partial charge in [0.15, 0.2) is 0 Å². The Morgan fingerprint density at radius 3 is 2.23 bits per heavy atom. The highest BCUT2D eigenvalue weighted by atomic mass is 35.5. The van der Waals surface area contributed by atoms with Crippen molar-refractivity contribution in [1.82, 2.24) is 10.6 Å². The number of amides is 2. The number of carbonyl (C=O) groups excluding carboxylic acids is 2. The molecule has 2 N–H and O–H groups in total. The third kappa shape index (κ3) is 4.12. The molecule has 1 unspecified atom stereocenters. The van der Waals surface area contributed by atoms with Crippen molar-refractivity contribution in [3.63, 3.8) is 0 Å². The lowest BCUT2D eigenvalue weighted by molar-refractivity contribution is -0.134. The van der Waals surface area contributed by atoms with Crippen LogP contribution in [0.25, 0.3) is 0 Å². The number of hydrogen-bond donors (Lipinski definition) is 2. The molecule has 0 bridgehead atoms. The van der Waals surface area contributed by atoms with Gasteiger partial charge >= 0.3 is 0 Å². The molecule has 0 spiro atoms.